The van der Waals surface area contributed by atoms with Crippen LogP contribution in [0.5, 0.6) is 6.01 Å². The summed E-state index contributed by atoms with van der Waals surface area (Å²) in [6, 6.07) is 1.74. The van der Waals surface area contributed by atoms with Crippen LogP contribution >= 0.6 is 0 Å². The quantitative estimate of drug-likeness (QED) is 0.339. The maximum Gasteiger partial charge on any atom is 0.317 e. The molecule has 7 heteroatoms. The summed E-state index contributed by atoms with van der Waals surface area (Å²) in [5.41, 5.74) is 5.62. The van der Waals surface area contributed by atoms with E-state index >= 15 is 0 Å². The van der Waals surface area contributed by atoms with E-state index < -0.39 is 0 Å². The highest BCUT2D eigenvalue weighted by Gasteiger charge is 2.22. The second-order valence-corrected chi connectivity index (χ2v) is 4.71. The average molecular weight is 253 g/mol. The van der Waals surface area contributed by atoms with E-state index in [-0.39, 0.29) is 17.4 Å². The minimum absolute atomic E-state index is 0.0749. The van der Waals surface area contributed by atoms with Gasteiger partial charge in [0, 0.05) is 11.7 Å². The molecule has 0 saturated heterocycles. The second kappa shape index (κ2) is 5.63. The molecule has 18 heavy (non-hydrogen) atoms. The Morgan fingerprint density at radius 2 is 2.22 bits per heavy atom. The van der Waals surface area contributed by atoms with Gasteiger partial charge < -0.3 is 20.6 Å². The number of hydrogen-bond acceptors (Lipinski definition) is 6. The van der Waals surface area contributed by atoms with Crippen molar-refractivity contribution in [2.75, 3.05) is 20.7 Å². The summed E-state index contributed by atoms with van der Waals surface area (Å²) in [5, 5.41) is 11.4. The van der Waals surface area contributed by atoms with Crippen molar-refractivity contribution in [2.45, 2.75) is 19.4 Å². The lowest BCUT2D eigenvalue weighted by Crippen LogP contribution is -2.43. The van der Waals surface area contributed by atoms with E-state index in [1.54, 1.807) is 6.07 Å². The molecular weight excluding hydrogens is 234 g/mol. The van der Waals surface area contributed by atoms with Gasteiger partial charge in [0.1, 0.15) is 12.3 Å². The summed E-state index contributed by atoms with van der Waals surface area (Å²) < 4.78 is 5.51. The van der Waals surface area contributed by atoms with E-state index in [0.717, 1.165) is 0 Å². The van der Waals surface area contributed by atoms with Gasteiger partial charge >= 0.3 is 6.01 Å². The molecule has 0 aliphatic carbocycles. The van der Waals surface area contributed by atoms with E-state index in [4.69, 9.17) is 15.7 Å². The first-order chi connectivity index (χ1) is 8.36. The molecule has 3 N–H and O–H groups in total. The Hall–Kier alpha value is -1.89. The Balaban J connectivity index is 2.75. The van der Waals surface area contributed by atoms with Crippen molar-refractivity contribution in [1.29, 1.82) is 0 Å². The molecule has 0 atom stereocenters. The van der Waals surface area contributed by atoms with Gasteiger partial charge in [0.2, 0.25) is 0 Å². The second-order valence-electron chi connectivity index (χ2n) is 4.71. The fourth-order valence-corrected chi connectivity index (χ4v) is 0.974. The van der Waals surface area contributed by atoms with Gasteiger partial charge in [0.25, 0.3) is 0 Å². The Kier molecular flexibility index (Phi) is 4.43. The Labute approximate surface area is 106 Å². The van der Waals surface area contributed by atoms with Gasteiger partial charge in [-0.05, 0) is 34.0 Å². The lowest BCUT2D eigenvalue weighted by Gasteiger charge is -2.31. The summed E-state index contributed by atoms with van der Waals surface area (Å²) in [5.74, 6) is -0.0749. The fourth-order valence-electron chi connectivity index (χ4n) is 0.974. The minimum Gasteiger partial charge on any atom is -0.461 e. The number of rotatable bonds is 5. The van der Waals surface area contributed by atoms with E-state index in [1.807, 2.05) is 32.8 Å². The highest BCUT2D eigenvalue weighted by atomic mass is 16.5. The molecule has 0 radical (unpaired) electrons. The monoisotopic (exact) mass is 253 g/mol. The minimum atomic E-state index is -0.143. The molecule has 0 aliphatic heterocycles. The van der Waals surface area contributed by atoms with Crippen LogP contribution in [0.4, 0.5) is 0 Å². The van der Waals surface area contributed by atoms with Crippen LogP contribution in [0.25, 0.3) is 0 Å². The topological polar surface area (TPSA) is 96.9 Å². The van der Waals surface area contributed by atoms with Crippen molar-refractivity contribution in [3.63, 3.8) is 0 Å². The largest absolute Gasteiger partial charge is 0.461 e. The van der Waals surface area contributed by atoms with Gasteiger partial charge in [0.15, 0.2) is 5.84 Å². The van der Waals surface area contributed by atoms with Crippen LogP contribution in [0.1, 0.15) is 19.5 Å². The van der Waals surface area contributed by atoms with Crippen LogP contribution in [0.2, 0.25) is 0 Å². The molecule has 0 saturated carbocycles. The van der Waals surface area contributed by atoms with Gasteiger partial charge in [-0.3, -0.25) is 0 Å². The molecule has 0 fully saturated rings. The third kappa shape index (κ3) is 3.56. The van der Waals surface area contributed by atoms with Gasteiger partial charge in [-0.15, -0.1) is 0 Å². The highest BCUT2D eigenvalue weighted by molar-refractivity contribution is 5.95. The van der Waals surface area contributed by atoms with Crippen molar-refractivity contribution in [3.05, 3.63) is 18.0 Å². The number of amidine groups is 1. The summed E-state index contributed by atoms with van der Waals surface area (Å²) in [6.45, 7) is 4.51. The molecule has 0 aromatic carbocycles. The number of nitrogens with two attached hydrogens (primary N) is 1. The Bertz CT molecular complexity index is 431. The number of nitrogens with zero attached hydrogens (tertiary/aromatic N) is 4. The number of hydrogen-bond donors (Lipinski definition) is 2. The Morgan fingerprint density at radius 3 is 2.78 bits per heavy atom. The van der Waals surface area contributed by atoms with E-state index in [9.17, 15) is 0 Å². The van der Waals surface area contributed by atoms with Crippen molar-refractivity contribution in [3.8, 4) is 6.01 Å². The van der Waals surface area contributed by atoms with Gasteiger partial charge in [-0.2, -0.15) is 4.98 Å². The molecule has 100 valence electrons. The van der Waals surface area contributed by atoms with Crippen LogP contribution in [-0.2, 0) is 0 Å². The summed E-state index contributed by atoms with van der Waals surface area (Å²) in [6.07, 6.45) is 1.50. The molecular formula is C11H19N5O2. The fraction of sp³-hybridized carbons (Fsp3) is 0.545. The molecule has 1 rings (SSSR count). The zero-order valence-electron chi connectivity index (χ0n) is 11.1. The van der Waals surface area contributed by atoms with Crippen molar-refractivity contribution >= 4 is 5.84 Å². The van der Waals surface area contributed by atoms with E-state index in [0.29, 0.717) is 12.3 Å². The van der Waals surface area contributed by atoms with E-state index in [2.05, 4.69) is 15.1 Å². The zero-order chi connectivity index (χ0) is 13.8. The third-order valence-corrected chi connectivity index (χ3v) is 2.77. The smallest absolute Gasteiger partial charge is 0.317 e. The van der Waals surface area contributed by atoms with Crippen LogP contribution in [-0.4, -0.2) is 52.2 Å². The number of aromatic nitrogens is 2. The first-order valence-corrected chi connectivity index (χ1v) is 5.48. The van der Waals surface area contributed by atoms with Crippen LogP contribution in [0, 0.1) is 0 Å². The highest BCUT2D eigenvalue weighted by Crippen LogP contribution is 2.12. The first kappa shape index (κ1) is 14.2. The normalized spacial score (nSPS) is 12.8. The number of likely N-dealkylation sites (N-methyl/N-ethyl adjacent to an activating group) is 1. The summed E-state index contributed by atoms with van der Waals surface area (Å²) in [7, 11) is 3.94. The predicted molar refractivity (Wildman–Crippen MR) is 67.8 cm³/mol. The molecule has 1 aromatic heterocycles. The van der Waals surface area contributed by atoms with Gasteiger partial charge in [0.05, 0.1) is 0 Å². The first-order valence-electron chi connectivity index (χ1n) is 5.48. The van der Waals surface area contributed by atoms with Crippen LogP contribution < -0.4 is 10.5 Å². The lowest BCUT2D eigenvalue weighted by molar-refractivity contribution is 0.108. The van der Waals surface area contributed by atoms with Crippen molar-refractivity contribution < 1.29 is 9.94 Å². The molecule has 7 nitrogen and oxygen atoms in total. The molecule has 0 amide bonds. The van der Waals surface area contributed by atoms with Gasteiger partial charge in [-0.25, -0.2) is 4.98 Å². The number of oxime groups is 1. The maximum absolute atomic E-state index is 8.57. The van der Waals surface area contributed by atoms with E-state index in [1.165, 1.54) is 6.20 Å². The molecule has 1 heterocycles. The molecule has 0 aliphatic rings. The SMILES string of the molecule is CN(C)C(C)(C)COc1nccc(/C(N)=N/O)n1. The third-order valence-electron chi connectivity index (χ3n) is 2.77. The van der Waals surface area contributed by atoms with Crippen molar-refractivity contribution in [1.82, 2.24) is 14.9 Å². The van der Waals surface area contributed by atoms with Crippen molar-refractivity contribution in [2.24, 2.45) is 10.9 Å². The average Bonchev–Trinajstić information content (AvgIpc) is 2.35. The molecule has 1 aromatic rings. The Morgan fingerprint density at radius 1 is 1.56 bits per heavy atom. The standard InChI is InChI=1S/C11H19N5O2/c1-11(2,16(3)4)7-18-10-13-6-5-8(14-10)9(12)15-17/h5-6,17H,7H2,1-4H3,(H2,12,15). The zero-order valence-corrected chi connectivity index (χ0v) is 11.1. The summed E-state index contributed by atoms with van der Waals surface area (Å²) in [4.78, 5) is 10.1. The summed E-state index contributed by atoms with van der Waals surface area (Å²) >= 11 is 0. The predicted octanol–water partition coefficient (Wildman–Crippen LogP) is 0.290. The molecule has 0 unspecified atom stereocenters. The maximum atomic E-state index is 8.57. The lowest BCUT2D eigenvalue weighted by atomic mass is 10.1. The molecule has 0 spiro atoms. The number of ether oxygens (including phenoxy) is 1. The van der Waals surface area contributed by atoms with Gasteiger partial charge in [-0.1, -0.05) is 5.16 Å². The molecule has 0 bridgehead atoms. The van der Waals surface area contributed by atoms with Crippen LogP contribution in [0.3, 0.4) is 0 Å². The van der Waals surface area contributed by atoms with Crippen LogP contribution in [0.15, 0.2) is 17.4 Å².